The number of amides is 1. The summed E-state index contributed by atoms with van der Waals surface area (Å²) in [6.45, 7) is 5.63. The number of benzene rings is 1. The first-order chi connectivity index (χ1) is 11.0. The van der Waals surface area contributed by atoms with Gasteiger partial charge in [-0.2, -0.15) is 0 Å². The summed E-state index contributed by atoms with van der Waals surface area (Å²) in [5, 5.41) is 2.96. The molecule has 3 heterocycles. The minimum atomic E-state index is -0.220. The summed E-state index contributed by atoms with van der Waals surface area (Å²) in [6.07, 6.45) is 1.49. The molecule has 1 unspecified atom stereocenters. The molecule has 0 aliphatic carbocycles. The SMILES string of the molecule is CC1(C)CNC(=O)c2nc(C3OCCc4ccccc43)[nH]c2C1. The summed E-state index contributed by atoms with van der Waals surface area (Å²) >= 11 is 0. The Hall–Kier alpha value is -2.14. The summed E-state index contributed by atoms with van der Waals surface area (Å²) in [6, 6.07) is 8.28. The van der Waals surface area contributed by atoms with Crippen molar-refractivity contribution in [1.29, 1.82) is 0 Å². The summed E-state index contributed by atoms with van der Waals surface area (Å²) in [5.74, 6) is 0.632. The molecule has 1 atom stereocenters. The van der Waals surface area contributed by atoms with E-state index < -0.39 is 0 Å². The molecule has 2 aromatic rings. The number of hydrogen-bond acceptors (Lipinski definition) is 3. The number of nitrogens with zero attached hydrogens (tertiary/aromatic N) is 1. The summed E-state index contributed by atoms with van der Waals surface area (Å²) in [5.41, 5.74) is 3.86. The number of hydrogen-bond donors (Lipinski definition) is 2. The number of carbonyl (C=O) groups is 1. The molecule has 2 aliphatic rings. The fourth-order valence-electron chi connectivity index (χ4n) is 3.43. The second-order valence-corrected chi connectivity index (χ2v) is 7.17. The molecule has 4 rings (SSSR count). The molecular weight excluding hydrogens is 290 g/mol. The van der Waals surface area contributed by atoms with Crippen LogP contribution in [-0.4, -0.2) is 29.0 Å². The lowest BCUT2D eigenvalue weighted by atomic mass is 9.88. The van der Waals surface area contributed by atoms with Crippen LogP contribution in [0.3, 0.4) is 0 Å². The topological polar surface area (TPSA) is 67.0 Å². The number of H-pyrrole nitrogens is 1. The molecular formula is C18H21N3O2. The largest absolute Gasteiger partial charge is 0.365 e. The molecule has 0 bridgehead atoms. The van der Waals surface area contributed by atoms with E-state index in [1.54, 1.807) is 0 Å². The highest BCUT2D eigenvalue weighted by Gasteiger charge is 2.32. The lowest BCUT2D eigenvalue weighted by molar-refractivity contribution is 0.0643. The molecule has 0 saturated heterocycles. The van der Waals surface area contributed by atoms with Crippen molar-refractivity contribution in [2.24, 2.45) is 5.41 Å². The standard InChI is InChI=1S/C18H21N3O2/c1-18(2)9-13-14(17(22)19-10-18)21-16(20-13)15-12-6-4-3-5-11(12)7-8-23-15/h3-6,15H,7-10H2,1-2H3,(H,19,22)(H,20,21). The van der Waals surface area contributed by atoms with Crippen molar-refractivity contribution in [2.45, 2.75) is 32.8 Å². The van der Waals surface area contributed by atoms with Gasteiger partial charge >= 0.3 is 0 Å². The monoisotopic (exact) mass is 311 g/mol. The van der Waals surface area contributed by atoms with Gasteiger partial charge in [-0.15, -0.1) is 0 Å². The maximum atomic E-state index is 12.3. The van der Waals surface area contributed by atoms with E-state index in [1.165, 1.54) is 5.56 Å². The van der Waals surface area contributed by atoms with Crippen LogP contribution in [0.2, 0.25) is 0 Å². The first-order valence-electron chi connectivity index (χ1n) is 8.10. The number of imidazole rings is 1. The zero-order chi connectivity index (χ0) is 16.0. The van der Waals surface area contributed by atoms with E-state index in [0.29, 0.717) is 18.8 Å². The van der Waals surface area contributed by atoms with Crippen LogP contribution in [0, 0.1) is 5.41 Å². The summed E-state index contributed by atoms with van der Waals surface area (Å²) in [4.78, 5) is 20.3. The molecule has 2 N–H and O–H groups in total. The quantitative estimate of drug-likeness (QED) is 0.850. The molecule has 1 amide bonds. The fraction of sp³-hybridized carbons (Fsp3) is 0.444. The Balaban J connectivity index is 1.75. The van der Waals surface area contributed by atoms with E-state index in [-0.39, 0.29) is 17.4 Å². The van der Waals surface area contributed by atoms with Gasteiger partial charge in [0.15, 0.2) is 0 Å². The Bertz CT molecular complexity index is 763. The second kappa shape index (κ2) is 5.20. The van der Waals surface area contributed by atoms with Gasteiger partial charge in [0.2, 0.25) is 0 Å². The molecule has 0 spiro atoms. The first kappa shape index (κ1) is 14.5. The Kier molecular flexibility index (Phi) is 3.27. The minimum Gasteiger partial charge on any atom is -0.365 e. The maximum absolute atomic E-state index is 12.3. The van der Waals surface area contributed by atoms with Crippen LogP contribution in [0.1, 0.15) is 53.1 Å². The molecule has 2 aliphatic heterocycles. The van der Waals surface area contributed by atoms with Crippen LogP contribution in [0.15, 0.2) is 24.3 Å². The van der Waals surface area contributed by atoms with Crippen molar-refractivity contribution >= 4 is 5.91 Å². The molecule has 1 aromatic heterocycles. The third-order valence-electron chi connectivity index (χ3n) is 4.64. The molecule has 1 aromatic carbocycles. The zero-order valence-corrected chi connectivity index (χ0v) is 13.5. The number of nitrogens with one attached hydrogen (secondary N) is 2. The highest BCUT2D eigenvalue weighted by atomic mass is 16.5. The van der Waals surface area contributed by atoms with Crippen molar-refractivity contribution in [1.82, 2.24) is 15.3 Å². The van der Waals surface area contributed by atoms with Gasteiger partial charge in [0.1, 0.15) is 17.6 Å². The summed E-state index contributed by atoms with van der Waals surface area (Å²) < 4.78 is 5.96. The van der Waals surface area contributed by atoms with Crippen LogP contribution in [0.5, 0.6) is 0 Å². The van der Waals surface area contributed by atoms with Crippen molar-refractivity contribution in [2.75, 3.05) is 13.2 Å². The summed E-state index contributed by atoms with van der Waals surface area (Å²) in [7, 11) is 0. The van der Waals surface area contributed by atoms with Gasteiger partial charge in [-0.05, 0) is 29.4 Å². The fourth-order valence-corrected chi connectivity index (χ4v) is 3.43. The Morgan fingerprint density at radius 2 is 2.13 bits per heavy atom. The van der Waals surface area contributed by atoms with Crippen LogP contribution in [0.4, 0.5) is 0 Å². The highest BCUT2D eigenvalue weighted by Crippen LogP contribution is 2.33. The van der Waals surface area contributed by atoms with Gasteiger partial charge in [-0.3, -0.25) is 4.79 Å². The predicted molar refractivity (Wildman–Crippen MR) is 86.3 cm³/mol. The van der Waals surface area contributed by atoms with Crippen molar-refractivity contribution in [3.8, 4) is 0 Å². The van der Waals surface area contributed by atoms with Gasteiger partial charge < -0.3 is 15.0 Å². The number of ether oxygens (including phenoxy) is 1. The van der Waals surface area contributed by atoms with Crippen LogP contribution in [0.25, 0.3) is 0 Å². The van der Waals surface area contributed by atoms with Crippen molar-refractivity contribution in [3.05, 3.63) is 52.6 Å². The molecule has 23 heavy (non-hydrogen) atoms. The van der Waals surface area contributed by atoms with Crippen molar-refractivity contribution in [3.63, 3.8) is 0 Å². The van der Waals surface area contributed by atoms with Gasteiger partial charge in [0.25, 0.3) is 5.91 Å². The predicted octanol–water partition coefficient (Wildman–Crippen LogP) is 2.38. The number of aromatic amines is 1. The Morgan fingerprint density at radius 3 is 3.00 bits per heavy atom. The van der Waals surface area contributed by atoms with Gasteiger partial charge in [0, 0.05) is 12.2 Å². The average molecular weight is 311 g/mol. The number of rotatable bonds is 1. The molecule has 5 nitrogen and oxygen atoms in total. The molecule has 0 radical (unpaired) electrons. The lowest BCUT2D eigenvalue weighted by Crippen LogP contribution is -2.32. The van der Waals surface area contributed by atoms with Gasteiger partial charge in [-0.1, -0.05) is 38.1 Å². The lowest BCUT2D eigenvalue weighted by Gasteiger charge is -2.25. The Morgan fingerprint density at radius 1 is 1.30 bits per heavy atom. The van der Waals surface area contributed by atoms with E-state index in [0.717, 1.165) is 29.9 Å². The minimum absolute atomic E-state index is 0.00996. The molecule has 0 fully saturated rings. The van der Waals surface area contributed by atoms with E-state index in [9.17, 15) is 4.79 Å². The van der Waals surface area contributed by atoms with E-state index >= 15 is 0 Å². The van der Waals surface area contributed by atoms with Gasteiger partial charge in [0.05, 0.1) is 6.61 Å². The highest BCUT2D eigenvalue weighted by molar-refractivity contribution is 5.94. The third-order valence-corrected chi connectivity index (χ3v) is 4.64. The molecule has 0 saturated carbocycles. The van der Waals surface area contributed by atoms with Gasteiger partial charge in [-0.25, -0.2) is 4.98 Å². The molecule has 120 valence electrons. The normalized spacial score (nSPS) is 22.7. The number of carbonyl (C=O) groups excluding carboxylic acids is 1. The van der Waals surface area contributed by atoms with Crippen LogP contribution in [-0.2, 0) is 17.6 Å². The zero-order valence-electron chi connectivity index (χ0n) is 13.5. The maximum Gasteiger partial charge on any atom is 0.271 e. The van der Waals surface area contributed by atoms with Crippen LogP contribution < -0.4 is 5.32 Å². The first-order valence-corrected chi connectivity index (χ1v) is 8.10. The Labute approximate surface area is 135 Å². The van der Waals surface area contributed by atoms with E-state index in [1.807, 2.05) is 6.07 Å². The van der Waals surface area contributed by atoms with E-state index in [4.69, 9.17) is 4.74 Å². The van der Waals surface area contributed by atoms with Crippen LogP contribution >= 0.6 is 0 Å². The third kappa shape index (κ3) is 2.55. The smallest absolute Gasteiger partial charge is 0.271 e. The van der Waals surface area contributed by atoms with Crippen molar-refractivity contribution < 1.29 is 9.53 Å². The average Bonchev–Trinajstić information content (AvgIpc) is 2.90. The van der Waals surface area contributed by atoms with E-state index in [2.05, 4.69) is 47.3 Å². The molecule has 5 heteroatoms. The number of aromatic nitrogens is 2. The number of fused-ring (bicyclic) bond motifs is 2. The second-order valence-electron chi connectivity index (χ2n) is 7.17.